The van der Waals surface area contributed by atoms with Gasteiger partial charge in [-0.2, -0.15) is 0 Å². The van der Waals surface area contributed by atoms with E-state index in [1.807, 2.05) is 0 Å². The molecule has 0 saturated carbocycles. The second-order valence-corrected chi connectivity index (χ2v) is 8.92. The maximum absolute atomic E-state index is 11.0. The summed E-state index contributed by atoms with van der Waals surface area (Å²) in [6.07, 6.45) is 1.03. The van der Waals surface area contributed by atoms with E-state index in [1.165, 1.54) is 7.11 Å². The van der Waals surface area contributed by atoms with Crippen LogP contribution in [0.4, 0.5) is 0 Å². The molecule has 4 heteroatoms. The van der Waals surface area contributed by atoms with Crippen LogP contribution in [-0.4, -0.2) is 33.4 Å². The second-order valence-electron chi connectivity index (χ2n) is 3.82. The lowest BCUT2D eigenvalue weighted by Gasteiger charge is -2.11. The van der Waals surface area contributed by atoms with Crippen LogP contribution in [0, 0.1) is 0 Å². The van der Waals surface area contributed by atoms with E-state index in [1.54, 1.807) is 0 Å². The summed E-state index contributed by atoms with van der Waals surface area (Å²) in [6.45, 7) is 4.56. The van der Waals surface area contributed by atoms with E-state index in [0.29, 0.717) is 0 Å². The Bertz CT molecular complexity index is 170. The van der Waals surface area contributed by atoms with E-state index >= 15 is 0 Å². The normalized spacial score (nSPS) is 28.5. The molecule has 0 aromatic carbocycles. The van der Waals surface area contributed by atoms with Gasteiger partial charge in [0, 0.05) is 0 Å². The zero-order chi connectivity index (χ0) is 8.48. The van der Waals surface area contributed by atoms with Gasteiger partial charge in [0.2, 0.25) is 0 Å². The van der Waals surface area contributed by atoms with Gasteiger partial charge >= 0.3 is 5.97 Å². The number of esters is 1. The molecule has 1 aliphatic rings. The molecule has 1 N–H and O–H groups in total. The molecule has 11 heavy (non-hydrogen) atoms. The summed E-state index contributed by atoms with van der Waals surface area (Å²) in [4.78, 5) is 11.0. The van der Waals surface area contributed by atoms with Gasteiger partial charge in [-0.25, -0.2) is 0 Å². The number of nitrogens with one attached hydrogen (secondary N) is 1. The first kappa shape index (κ1) is 8.74. The lowest BCUT2D eigenvalue weighted by Crippen LogP contribution is -2.31. The van der Waals surface area contributed by atoms with Gasteiger partial charge in [0.1, 0.15) is 6.04 Å². The highest BCUT2D eigenvalue weighted by atomic mass is 28.3. The van der Waals surface area contributed by atoms with Crippen LogP contribution in [0.3, 0.4) is 0 Å². The van der Waals surface area contributed by atoms with Gasteiger partial charge in [-0.3, -0.25) is 4.79 Å². The van der Waals surface area contributed by atoms with E-state index in [0.717, 1.165) is 12.2 Å². The summed E-state index contributed by atoms with van der Waals surface area (Å²) in [7, 11) is 0.347. The maximum atomic E-state index is 11.0. The number of carbonyl (C=O) groups excluding carboxylic acids is 1. The van der Waals surface area contributed by atoms with Crippen molar-refractivity contribution < 1.29 is 9.53 Å². The zero-order valence-corrected chi connectivity index (χ0v) is 8.31. The lowest BCUT2D eigenvalue weighted by atomic mass is 10.3. The van der Waals surface area contributed by atoms with Crippen LogP contribution in [-0.2, 0) is 9.53 Å². The molecule has 1 atom stereocenters. The number of hydrogen-bond donors (Lipinski definition) is 1. The minimum absolute atomic E-state index is 0.0262. The van der Waals surface area contributed by atoms with Crippen molar-refractivity contribution >= 4 is 14.0 Å². The molecule has 0 aromatic rings. The third-order valence-corrected chi connectivity index (χ3v) is 4.74. The van der Waals surface area contributed by atoms with E-state index in [9.17, 15) is 4.79 Å². The van der Waals surface area contributed by atoms with Crippen molar-refractivity contribution in [1.82, 2.24) is 5.32 Å². The Morgan fingerprint density at radius 3 is 2.64 bits per heavy atom. The number of carbonyl (C=O) groups is 1. The Balaban J connectivity index is 2.48. The van der Waals surface area contributed by atoms with Gasteiger partial charge in [0.15, 0.2) is 0 Å². The van der Waals surface area contributed by atoms with Crippen molar-refractivity contribution in [3.8, 4) is 0 Å². The fraction of sp³-hybridized carbons (Fsp3) is 0.857. The third-order valence-electron chi connectivity index (χ3n) is 2.07. The second kappa shape index (κ2) is 2.95. The molecule has 0 unspecified atom stereocenters. The first-order valence-electron chi connectivity index (χ1n) is 3.86. The minimum Gasteiger partial charge on any atom is -0.468 e. The highest BCUT2D eigenvalue weighted by Gasteiger charge is 2.36. The molecular weight excluding hydrogens is 158 g/mol. The van der Waals surface area contributed by atoms with Crippen molar-refractivity contribution in [3.63, 3.8) is 0 Å². The monoisotopic (exact) mass is 173 g/mol. The molecule has 0 amide bonds. The average Bonchev–Trinajstić information content (AvgIpc) is 2.29. The standard InChI is InChI=1S/C7H15NO2Si/c1-10-7(9)6-4-11(2,3)5-8-6/h6,8H,4-5H2,1-3H3/t6-/m1/s1. The summed E-state index contributed by atoms with van der Waals surface area (Å²) in [5.41, 5.74) is 0. The molecule has 1 heterocycles. The predicted octanol–water partition coefficient (Wildman–Crippen LogP) is 0.379. The first-order chi connectivity index (χ1) is 5.05. The topological polar surface area (TPSA) is 38.3 Å². The van der Waals surface area contributed by atoms with Gasteiger partial charge in [-0.15, -0.1) is 0 Å². The summed E-state index contributed by atoms with van der Waals surface area (Å²) in [6, 6.07) is 0.987. The Kier molecular flexibility index (Phi) is 2.34. The molecular formula is C7H15NO2Si. The fourth-order valence-corrected chi connectivity index (χ4v) is 3.76. The van der Waals surface area contributed by atoms with E-state index in [4.69, 9.17) is 0 Å². The molecule has 0 spiro atoms. The molecule has 0 bridgehead atoms. The van der Waals surface area contributed by atoms with Crippen LogP contribution >= 0.6 is 0 Å². The van der Waals surface area contributed by atoms with Crippen LogP contribution in [0.15, 0.2) is 0 Å². The molecule has 0 aliphatic carbocycles. The highest BCUT2D eigenvalue weighted by molar-refractivity contribution is 6.78. The third kappa shape index (κ3) is 2.04. The van der Waals surface area contributed by atoms with Crippen LogP contribution in [0.25, 0.3) is 0 Å². The molecule has 1 rings (SSSR count). The first-order valence-corrected chi connectivity index (χ1v) is 7.28. The molecule has 1 fully saturated rings. The van der Waals surface area contributed by atoms with Gasteiger partial charge in [0.05, 0.1) is 15.2 Å². The summed E-state index contributed by atoms with van der Waals surface area (Å²) >= 11 is 0. The van der Waals surface area contributed by atoms with Crippen molar-refractivity contribution in [2.45, 2.75) is 25.2 Å². The number of rotatable bonds is 1. The van der Waals surface area contributed by atoms with Crippen LogP contribution in [0.5, 0.6) is 0 Å². The quantitative estimate of drug-likeness (QED) is 0.460. The van der Waals surface area contributed by atoms with E-state index in [-0.39, 0.29) is 12.0 Å². The molecule has 1 aliphatic heterocycles. The smallest absolute Gasteiger partial charge is 0.322 e. The molecule has 64 valence electrons. The van der Waals surface area contributed by atoms with E-state index < -0.39 is 8.07 Å². The zero-order valence-electron chi connectivity index (χ0n) is 7.31. The van der Waals surface area contributed by atoms with Gasteiger partial charge < -0.3 is 10.1 Å². The van der Waals surface area contributed by atoms with Crippen LogP contribution in [0.2, 0.25) is 19.1 Å². The van der Waals surface area contributed by atoms with Gasteiger partial charge in [0.25, 0.3) is 0 Å². The molecule has 0 aromatic heterocycles. The van der Waals surface area contributed by atoms with Crippen LogP contribution in [0.1, 0.15) is 0 Å². The Hall–Kier alpha value is -0.353. The van der Waals surface area contributed by atoms with Gasteiger partial charge in [-0.1, -0.05) is 13.1 Å². The highest BCUT2D eigenvalue weighted by Crippen LogP contribution is 2.18. The Labute approximate surface area is 68.1 Å². The summed E-state index contributed by atoms with van der Waals surface area (Å²) in [5, 5.41) is 3.18. The largest absolute Gasteiger partial charge is 0.468 e. The summed E-state index contributed by atoms with van der Waals surface area (Å²) in [5.74, 6) is -0.108. The lowest BCUT2D eigenvalue weighted by molar-refractivity contribution is -0.142. The number of methoxy groups -OCH3 is 1. The number of hydrogen-bond acceptors (Lipinski definition) is 3. The van der Waals surface area contributed by atoms with E-state index in [2.05, 4.69) is 23.1 Å². The van der Waals surface area contributed by atoms with Crippen LogP contribution < -0.4 is 5.32 Å². The molecule has 0 radical (unpaired) electrons. The SMILES string of the molecule is COC(=O)[C@H]1C[Si](C)(C)CN1. The average molecular weight is 173 g/mol. The fourth-order valence-electron chi connectivity index (χ4n) is 1.41. The molecule has 1 saturated heterocycles. The van der Waals surface area contributed by atoms with Gasteiger partial charge in [-0.05, 0) is 12.2 Å². The Morgan fingerprint density at radius 1 is 1.64 bits per heavy atom. The number of ether oxygens (including phenoxy) is 1. The van der Waals surface area contributed by atoms with Crippen molar-refractivity contribution in [1.29, 1.82) is 0 Å². The maximum Gasteiger partial charge on any atom is 0.322 e. The van der Waals surface area contributed by atoms with Crippen molar-refractivity contribution in [2.75, 3.05) is 13.3 Å². The minimum atomic E-state index is -1.09. The van der Waals surface area contributed by atoms with Crippen molar-refractivity contribution in [2.24, 2.45) is 0 Å². The van der Waals surface area contributed by atoms with Crippen molar-refractivity contribution in [3.05, 3.63) is 0 Å². The predicted molar refractivity (Wildman–Crippen MR) is 46.1 cm³/mol. The Morgan fingerprint density at radius 2 is 2.27 bits per heavy atom. The summed E-state index contributed by atoms with van der Waals surface area (Å²) < 4.78 is 4.65. The molecule has 3 nitrogen and oxygen atoms in total.